The SMILES string of the molecule is Cc1ccccc1CCNC(=O)CNc1ccc(C(F)(F)F)cc1. The van der Waals surface area contributed by atoms with Gasteiger partial charge in [-0.1, -0.05) is 24.3 Å². The highest BCUT2D eigenvalue weighted by Crippen LogP contribution is 2.29. The van der Waals surface area contributed by atoms with E-state index in [1.54, 1.807) is 0 Å². The maximum absolute atomic E-state index is 12.5. The van der Waals surface area contributed by atoms with Gasteiger partial charge in [-0.2, -0.15) is 13.2 Å². The molecule has 0 spiro atoms. The Morgan fingerprint density at radius 2 is 1.71 bits per heavy atom. The van der Waals surface area contributed by atoms with Crippen LogP contribution in [0.2, 0.25) is 0 Å². The Bertz CT molecular complexity index is 681. The summed E-state index contributed by atoms with van der Waals surface area (Å²) in [4.78, 5) is 11.8. The molecule has 2 N–H and O–H groups in total. The Kier molecular flexibility index (Phi) is 5.84. The van der Waals surface area contributed by atoms with E-state index in [-0.39, 0.29) is 12.5 Å². The first-order valence-corrected chi connectivity index (χ1v) is 7.58. The second-order valence-corrected chi connectivity index (χ2v) is 5.46. The Morgan fingerprint density at radius 3 is 2.33 bits per heavy atom. The summed E-state index contributed by atoms with van der Waals surface area (Å²) in [6.45, 7) is 2.54. The van der Waals surface area contributed by atoms with Crippen LogP contribution in [0.25, 0.3) is 0 Å². The first-order valence-electron chi connectivity index (χ1n) is 7.58. The molecule has 0 fully saturated rings. The predicted octanol–water partition coefficient (Wildman–Crippen LogP) is 3.78. The molecule has 1 amide bonds. The average molecular weight is 336 g/mol. The number of carbonyl (C=O) groups is 1. The van der Waals surface area contributed by atoms with Crippen LogP contribution in [0.4, 0.5) is 18.9 Å². The summed E-state index contributed by atoms with van der Waals surface area (Å²) in [6, 6.07) is 12.5. The van der Waals surface area contributed by atoms with E-state index in [4.69, 9.17) is 0 Å². The van der Waals surface area contributed by atoms with E-state index in [1.807, 2.05) is 31.2 Å². The topological polar surface area (TPSA) is 41.1 Å². The molecule has 2 aromatic rings. The van der Waals surface area contributed by atoms with E-state index in [1.165, 1.54) is 23.3 Å². The van der Waals surface area contributed by atoms with Crippen molar-refractivity contribution in [2.75, 3.05) is 18.4 Å². The molecule has 0 atom stereocenters. The van der Waals surface area contributed by atoms with Crippen molar-refractivity contribution in [2.45, 2.75) is 19.5 Å². The molecule has 3 nitrogen and oxygen atoms in total. The fourth-order valence-electron chi connectivity index (χ4n) is 2.25. The van der Waals surface area contributed by atoms with Crippen molar-refractivity contribution in [3.63, 3.8) is 0 Å². The minimum Gasteiger partial charge on any atom is -0.376 e. The lowest BCUT2D eigenvalue weighted by atomic mass is 10.1. The van der Waals surface area contributed by atoms with Gasteiger partial charge >= 0.3 is 6.18 Å². The van der Waals surface area contributed by atoms with Crippen molar-refractivity contribution in [2.24, 2.45) is 0 Å². The summed E-state index contributed by atoms with van der Waals surface area (Å²) in [7, 11) is 0. The summed E-state index contributed by atoms with van der Waals surface area (Å²) < 4.78 is 37.4. The van der Waals surface area contributed by atoms with Gasteiger partial charge in [0.2, 0.25) is 5.91 Å². The Hall–Kier alpha value is -2.50. The van der Waals surface area contributed by atoms with Gasteiger partial charge in [-0.3, -0.25) is 4.79 Å². The lowest BCUT2D eigenvalue weighted by Crippen LogP contribution is -2.31. The molecule has 0 unspecified atom stereocenters. The van der Waals surface area contributed by atoms with Crippen LogP contribution in [0.15, 0.2) is 48.5 Å². The average Bonchev–Trinajstić information content (AvgIpc) is 2.54. The van der Waals surface area contributed by atoms with Crippen LogP contribution in [-0.4, -0.2) is 19.0 Å². The van der Waals surface area contributed by atoms with Gasteiger partial charge < -0.3 is 10.6 Å². The molecule has 0 radical (unpaired) electrons. The van der Waals surface area contributed by atoms with Crippen molar-refractivity contribution in [1.29, 1.82) is 0 Å². The van der Waals surface area contributed by atoms with Crippen molar-refractivity contribution in [3.05, 3.63) is 65.2 Å². The zero-order valence-electron chi connectivity index (χ0n) is 13.3. The molecule has 128 valence electrons. The zero-order valence-corrected chi connectivity index (χ0v) is 13.3. The van der Waals surface area contributed by atoms with Crippen LogP contribution in [0, 0.1) is 6.92 Å². The predicted molar refractivity (Wildman–Crippen MR) is 87.8 cm³/mol. The fraction of sp³-hybridized carbons (Fsp3) is 0.278. The minimum absolute atomic E-state index is 0.0130. The van der Waals surface area contributed by atoms with Gasteiger partial charge in [-0.15, -0.1) is 0 Å². The van der Waals surface area contributed by atoms with Crippen LogP contribution >= 0.6 is 0 Å². The monoisotopic (exact) mass is 336 g/mol. The molecule has 6 heteroatoms. The number of anilines is 1. The number of hydrogen-bond donors (Lipinski definition) is 2. The lowest BCUT2D eigenvalue weighted by molar-refractivity contribution is -0.137. The van der Waals surface area contributed by atoms with E-state index >= 15 is 0 Å². The smallest absolute Gasteiger partial charge is 0.376 e. The Balaban J connectivity index is 1.74. The van der Waals surface area contributed by atoms with Gasteiger partial charge in [0.15, 0.2) is 0 Å². The molecular formula is C18H19F3N2O. The van der Waals surface area contributed by atoms with E-state index in [0.29, 0.717) is 12.2 Å². The highest BCUT2D eigenvalue weighted by atomic mass is 19.4. The summed E-state index contributed by atoms with van der Waals surface area (Å²) in [6.07, 6.45) is -3.62. The lowest BCUT2D eigenvalue weighted by Gasteiger charge is -2.10. The number of carbonyl (C=O) groups excluding carboxylic acids is 1. The molecule has 0 aliphatic rings. The van der Waals surface area contributed by atoms with Crippen LogP contribution < -0.4 is 10.6 Å². The first kappa shape index (κ1) is 17.8. The summed E-state index contributed by atoms with van der Waals surface area (Å²) in [5.41, 5.74) is 2.11. The van der Waals surface area contributed by atoms with Gasteiger partial charge in [-0.25, -0.2) is 0 Å². The number of nitrogens with one attached hydrogen (secondary N) is 2. The number of alkyl halides is 3. The number of aryl methyl sites for hydroxylation is 1. The number of hydrogen-bond acceptors (Lipinski definition) is 2. The van der Waals surface area contributed by atoms with Crippen molar-refractivity contribution in [3.8, 4) is 0 Å². The highest BCUT2D eigenvalue weighted by molar-refractivity contribution is 5.80. The van der Waals surface area contributed by atoms with Gasteiger partial charge in [0.1, 0.15) is 0 Å². The maximum Gasteiger partial charge on any atom is 0.416 e. The first-order chi connectivity index (χ1) is 11.4. The molecule has 0 aliphatic heterocycles. The molecule has 0 aliphatic carbocycles. The summed E-state index contributed by atoms with van der Waals surface area (Å²) >= 11 is 0. The molecule has 0 aromatic heterocycles. The van der Waals surface area contributed by atoms with E-state index < -0.39 is 11.7 Å². The molecule has 0 saturated heterocycles. The molecule has 0 heterocycles. The minimum atomic E-state index is -4.36. The quantitative estimate of drug-likeness (QED) is 0.843. The second kappa shape index (κ2) is 7.86. The van der Waals surface area contributed by atoms with Crippen LogP contribution in [0.5, 0.6) is 0 Å². The standard InChI is InChI=1S/C18H19F3N2O/c1-13-4-2-3-5-14(13)10-11-22-17(24)12-23-16-8-6-15(7-9-16)18(19,20)21/h2-9,23H,10-12H2,1H3,(H,22,24). The third-order valence-electron chi connectivity index (χ3n) is 3.64. The molecule has 0 bridgehead atoms. The second-order valence-electron chi connectivity index (χ2n) is 5.46. The number of amides is 1. The normalized spacial score (nSPS) is 11.2. The van der Waals surface area contributed by atoms with Crippen LogP contribution in [0.3, 0.4) is 0 Å². The van der Waals surface area contributed by atoms with Gasteiger partial charge in [0.05, 0.1) is 12.1 Å². The van der Waals surface area contributed by atoms with Crippen molar-refractivity contribution < 1.29 is 18.0 Å². The number of benzene rings is 2. The van der Waals surface area contributed by atoms with E-state index in [0.717, 1.165) is 18.6 Å². The molecule has 2 rings (SSSR count). The third kappa shape index (κ3) is 5.30. The number of halogens is 3. The van der Waals surface area contributed by atoms with Gasteiger partial charge in [-0.05, 0) is 48.7 Å². The third-order valence-corrected chi connectivity index (χ3v) is 3.64. The Morgan fingerprint density at radius 1 is 1.04 bits per heavy atom. The van der Waals surface area contributed by atoms with Gasteiger partial charge in [0, 0.05) is 12.2 Å². The zero-order chi connectivity index (χ0) is 17.6. The van der Waals surface area contributed by atoms with Crippen molar-refractivity contribution in [1.82, 2.24) is 5.32 Å². The largest absolute Gasteiger partial charge is 0.416 e. The molecule has 0 saturated carbocycles. The maximum atomic E-state index is 12.5. The van der Waals surface area contributed by atoms with Crippen molar-refractivity contribution >= 4 is 11.6 Å². The molecular weight excluding hydrogens is 317 g/mol. The van der Waals surface area contributed by atoms with E-state index in [2.05, 4.69) is 10.6 Å². The van der Waals surface area contributed by atoms with E-state index in [9.17, 15) is 18.0 Å². The molecule has 24 heavy (non-hydrogen) atoms. The fourth-order valence-corrected chi connectivity index (χ4v) is 2.25. The Labute approximate surface area is 138 Å². The van der Waals surface area contributed by atoms with Crippen LogP contribution in [0.1, 0.15) is 16.7 Å². The molecule has 2 aromatic carbocycles. The van der Waals surface area contributed by atoms with Crippen LogP contribution in [-0.2, 0) is 17.4 Å². The number of rotatable bonds is 6. The van der Waals surface area contributed by atoms with Gasteiger partial charge in [0.25, 0.3) is 0 Å². The highest BCUT2D eigenvalue weighted by Gasteiger charge is 2.29. The summed E-state index contributed by atoms with van der Waals surface area (Å²) in [5, 5.41) is 5.59. The summed E-state index contributed by atoms with van der Waals surface area (Å²) in [5.74, 6) is -0.205.